The summed E-state index contributed by atoms with van der Waals surface area (Å²) >= 11 is 5.91. The lowest BCUT2D eigenvalue weighted by molar-refractivity contribution is -0.128. The molecule has 138 valence electrons. The van der Waals surface area contributed by atoms with Gasteiger partial charge < -0.3 is 10.2 Å². The minimum Gasteiger partial charge on any atom is -0.322 e. The fourth-order valence-electron chi connectivity index (χ4n) is 3.97. The van der Waals surface area contributed by atoms with E-state index >= 15 is 0 Å². The Morgan fingerprint density at radius 2 is 1.85 bits per heavy atom. The monoisotopic (exact) mass is 383 g/mol. The molecular formula is C20H18ClN3O3. The maximum absolute atomic E-state index is 13.4. The molecule has 0 bridgehead atoms. The van der Waals surface area contributed by atoms with E-state index in [1.165, 1.54) is 9.80 Å². The van der Waals surface area contributed by atoms with E-state index in [4.69, 9.17) is 11.6 Å². The molecule has 1 atom stereocenters. The van der Waals surface area contributed by atoms with E-state index in [0.29, 0.717) is 28.5 Å². The molecule has 4 rings (SSSR count). The molecule has 2 aromatic carbocycles. The Hall–Kier alpha value is -2.86. The molecule has 2 aliphatic rings. The lowest BCUT2D eigenvalue weighted by atomic mass is 9.95. The van der Waals surface area contributed by atoms with Gasteiger partial charge in [0, 0.05) is 30.1 Å². The van der Waals surface area contributed by atoms with Gasteiger partial charge in [0.25, 0.3) is 11.8 Å². The normalized spacial score (nSPS) is 21.1. The third kappa shape index (κ3) is 2.51. The largest absolute Gasteiger partial charge is 0.322 e. The molecule has 0 radical (unpaired) electrons. The minimum absolute atomic E-state index is 0.167. The standard InChI is InChI=1S/C20H18ClN3O3/c1-2-23-18(26)15-5-3-4-6-16(15)24-17(25)11-12-20(23,24)19(27)22-14-9-7-13(21)8-10-14/h3-10H,2,11-12H2,1H3,(H,22,27). The number of anilines is 2. The van der Waals surface area contributed by atoms with Crippen molar-refractivity contribution in [2.24, 2.45) is 0 Å². The number of nitrogens with zero attached hydrogens (tertiary/aromatic N) is 2. The fraction of sp³-hybridized carbons (Fsp3) is 0.250. The van der Waals surface area contributed by atoms with E-state index in [0.717, 1.165) is 0 Å². The third-order valence-corrected chi connectivity index (χ3v) is 5.41. The summed E-state index contributed by atoms with van der Waals surface area (Å²) in [4.78, 5) is 42.2. The van der Waals surface area contributed by atoms with E-state index < -0.39 is 11.6 Å². The number of benzene rings is 2. The van der Waals surface area contributed by atoms with Gasteiger partial charge >= 0.3 is 0 Å². The summed E-state index contributed by atoms with van der Waals surface area (Å²) in [5, 5.41) is 3.41. The first-order valence-electron chi connectivity index (χ1n) is 8.80. The second-order valence-corrected chi connectivity index (χ2v) is 7.01. The number of nitrogens with one attached hydrogen (secondary N) is 1. The fourth-order valence-corrected chi connectivity index (χ4v) is 4.10. The zero-order chi connectivity index (χ0) is 19.2. The Morgan fingerprint density at radius 3 is 2.56 bits per heavy atom. The zero-order valence-electron chi connectivity index (χ0n) is 14.7. The highest BCUT2D eigenvalue weighted by molar-refractivity contribution is 6.30. The molecule has 1 N–H and O–H groups in total. The van der Waals surface area contributed by atoms with Gasteiger partial charge in [0.05, 0.1) is 11.3 Å². The maximum atomic E-state index is 13.4. The molecule has 2 heterocycles. The van der Waals surface area contributed by atoms with Gasteiger partial charge in [-0.1, -0.05) is 23.7 Å². The number of halogens is 1. The summed E-state index contributed by atoms with van der Waals surface area (Å²) in [6.07, 6.45) is 0.450. The van der Waals surface area contributed by atoms with Crippen LogP contribution < -0.4 is 10.2 Å². The van der Waals surface area contributed by atoms with E-state index in [1.807, 2.05) is 6.92 Å². The molecule has 3 amide bonds. The van der Waals surface area contributed by atoms with Gasteiger partial charge in [0.2, 0.25) is 11.6 Å². The van der Waals surface area contributed by atoms with Crippen LogP contribution in [0.25, 0.3) is 0 Å². The average Bonchev–Trinajstić information content (AvgIpc) is 3.02. The van der Waals surface area contributed by atoms with Gasteiger partial charge in [-0.15, -0.1) is 0 Å². The number of carbonyl (C=O) groups excluding carboxylic acids is 3. The molecule has 7 heteroatoms. The van der Waals surface area contributed by atoms with Crippen LogP contribution in [0.4, 0.5) is 11.4 Å². The van der Waals surface area contributed by atoms with Gasteiger partial charge in [0.1, 0.15) is 0 Å². The number of likely N-dealkylation sites (N-methyl/N-ethyl adjacent to an activating group) is 1. The SMILES string of the molecule is CCN1C(=O)c2ccccc2N2C(=O)CCC12C(=O)Nc1ccc(Cl)cc1. The number of carbonyl (C=O) groups is 3. The third-order valence-electron chi connectivity index (χ3n) is 5.16. The predicted molar refractivity (Wildman–Crippen MR) is 103 cm³/mol. The first kappa shape index (κ1) is 17.5. The molecular weight excluding hydrogens is 366 g/mol. The Bertz CT molecular complexity index is 944. The number of hydrogen-bond donors (Lipinski definition) is 1. The quantitative estimate of drug-likeness (QED) is 0.884. The molecule has 0 aromatic heterocycles. The van der Waals surface area contributed by atoms with E-state index in [-0.39, 0.29) is 24.7 Å². The van der Waals surface area contributed by atoms with Gasteiger partial charge in [0.15, 0.2) is 0 Å². The Kier molecular flexibility index (Phi) is 4.15. The van der Waals surface area contributed by atoms with Crippen LogP contribution in [0.3, 0.4) is 0 Å². The van der Waals surface area contributed by atoms with Gasteiger partial charge in [-0.3, -0.25) is 19.3 Å². The number of hydrogen-bond acceptors (Lipinski definition) is 3. The highest BCUT2D eigenvalue weighted by atomic mass is 35.5. The Labute approximate surface area is 161 Å². The van der Waals surface area contributed by atoms with Gasteiger partial charge in [-0.25, -0.2) is 0 Å². The molecule has 1 fully saturated rings. The smallest absolute Gasteiger partial charge is 0.271 e. The van der Waals surface area contributed by atoms with Gasteiger partial charge in [-0.05, 0) is 43.3 Å². The number of fused-ring (bicyclic) bond motifs is 3. The van der Waals surface area contributed by atoms with Crippen molar-refractivity contribution in [1.82, 2.24) is 4.90 Å². The molecule has 27 heavy (non-hydrogen) atoms. The second kappa shape index (κ2) is 6.39. The van der Waals surface area contributed by atoms with Crippen LogP contribution in [0.5, 0.6) is 0 Å². The first-order chi connectivity index (χ1) is 13.0. The Balaban J connectivity index is 1.82. The summed E-state index contributed by atoms with van der Waals surface area (Å²) in [7, 11) is 0. The summed E-state index contributed by atoms with van der Waals surface area (Å²) in [5.41, 5.74) is 0.114. The average molecular weight is 384 g/mol. The molecule has 0 saturated carbocycles. The number of rotatable bonds is 3. The van der Waals surface area contributed by atoms with Crippen LogP contribution in [0, 0.1) is 0 Å². The summed E-state index contributed by atoms with van der Waals surface area (Å²) in [6.45, 7) is 2.12. The molecule has 0 aliphatic carbocycles. The number of amides is 3. The van der Waals surface area contributed by atoms with Crippen molar-refractivity contribution in [2.75, 3.05) is 16.8 Å². The molecule has 2 aliphatic heterocycles. The lowest BCUT2D eigenvalue weighted by Gasteiger charge is -2.48. The van der Waals surface area contributed by atoms with E-state index in [2.05, 4.69) is 5.32 Å². The van der Waals surface area contributed by atoms with E-state index in [1.54, 1.807) is 48.5 Å². The van der Waals surface area contributed by atoms with Crippen LogP contribution in [0.2, 0.25) is 5.02 Å². The van der Waals surface area contributed by atoms with Crippen LogP contribution in [0.15, 0.2) is 48.5 Å². The zero-order valence-corrected chi connectivity index (χ0v) is 15.5. The van der Waals surface area contributed by atoms with Crippen LogP contribution in [0.1, 0.15) is 30.1 Å². The highest BCUT2D eigenvalue weighted by Gasteiger charge is 2.60. The van der Waals surface area contributed by atoms with Crippen LogP contribution >= 0.6 is 11.6 Å². The predicted octanol–water partition coefficient (Wildman–Crippen LogP) is 3.28. The van der Waals surface area contributed by atoms with Crippen molar-refractivity contribution in [3.8, 4) is 0 Å². The Morgan fingerprint density at radius 1 is 1.15 bits per heavy atom. The molecule has 1 saturated heterocycles. The van der Waals surface area contributed by atoms with Crippen molar-refractivity contribution in [1.29, 1.82) is 0 Å². The van der Waals surface area contributed by atoms with Gasteiger partial charge in [-0.2, -0.15) is 0 Å². The maximum Gasteiger partial charge on any atom is 0.271 e. The summed E-state index contributed by atoms with van der Waals surface area (Å²) < 4.78 is 0. The molecule has 1 unspecified atom stereocenters. The lowest BCUT2D eigenvalue weighted by Crippen LogP contribution is -2.69. The number of para-hydroxylation sites is 1. The van der Waals surface area contributed by atoms with Crippen molar-refractivity contribution < 1.29 is 14.4 Å². The summed E-state index contributed by atoms with van der Waals surface area (Å²) in [6, 6.07) is 13.6. The molecule has 6 nitrogen and oxygen atoms in total. The van der Waals surface area contributed by atoms with E-state index in [9.17, 15) is 14.4 Å². The minimum atomic E-state index is -1.36. The van der Waals surface area contributed by atoms with Crippen molar-refractivity contribution >= 4 is 40.7 Å². The van der Waals surface area contributed by atoms with Crippen molar-refractivity contribution in [3.63, 3.8) is 0 Å². The van der Waals surface area contributed by atoms with Crippen LogP contribution in [-0.4, -0.2) is 34.8 Å². The second-order valence-electron chi connectivity index (χ2n) is 6.57. The molecule has 0 spiro atoms. The first-order valence-corrected chi connectivity index (χ1v) is 9.18. The highest BCUT2D eigenvalue weighted by Crippen LogP contribution is 2.44. The summed E-state index contributed by atoms with van der Waals surface area (Å²) in [5.74, 6) is -0.815. The van der Waals surface area contributed by atoms with Crippen molar-refractivity contribution in [3.05, 3.63) is 59.1 Å². The van der Waals surface area contributed by atoms with Crippen molar-refractivity contribution in [2.45, 2.75) is 25.4 Å². The van der Waals surface area contributed by atoms with Crippen LogP contribution in [-0.2, 0) is 9.59 Å². The topological polar surface area (TPSA) is 69.7 Å². The molecule has 2 aromatic rings.